The van der Waals surface area contributed by atoms with Crippen LogP contribution in [0, 0.1) is 6.92 Å². The van der Waals surface area contributed by atoms with Crippen LogP contribution < -0.4 is 5.73 Å². The third kappa shape index (κ3) is 7.51. The van der Waals surface area contributed by atoms with Crippen molar-refractivity contribution < 1.29 is 0 Å². The Morgan fingerprint density at radius 3 is 2.29 bits per heavy atom. The largest absolute Gasteiger partial charge is 0.326 e. The molecule has 3 heteroatoms. The molecule has 1 nitrogen and oxygen atoms in total. The Morgan fingerprint density at radius 2 is 1.86 bits per heavy atom. The Morgan fingerprint density at radius 1 is 1.24 bits per heavy atom. The standard InChI is InChI=1S/C11H16S.C7H9NS/c1-9-4-6-10(7-5-9)8-11(2,3)12;1-6(5-8)7-3-2-4-9-7/h4-7,12H,8H2,1-3H3;2-4H,1,5,8H2. The molecule has 2 N–H and O–H groups in total. The van der Waals surface area contributed by atoms with Gasteiger partial charge in [0, 0.05) is 16.2 Å². The van der Waals surface area contributed by atoms with E-state index in [0.717, 1.165) is 12.0 Å². The average molecular weight is 320 g/mol. The summed E-state index contributed by atoms with van der Waals surface area (Å²) < 4.78 is 0.0925. The zero-order valence-electron chi connectivity index (χ0n) is 13.1. The molecule has 2 aromatic rings. The Balaban J connectivity index is 0.000000219. The van der Waals surface area contributed by atoms with Gasteiger partial charge in [-0.1, -0.05) is 56.3 Å². The van der Waals surface area contributed by atoms with Crippen molar-refractivity contribution in [2.24, 2.45) is 5.73 Å². The Bertz CT molecular complexity index is 534. The molecule has 1 aromatic heterocycles. The van der Waals surface area contributed by atoms with Crippen LogP contribution in [0.4, 0.5) is 0 Å². The van der Waals surface area contributed by atoms with Crippen LogP contribution in [-0.2, 0) is 6.42 Å². The van der Waals surface area contributed by atoms with Crippen molar-refractivity contribution in [1.29, 1.82) is 0 Å². The van der Waals surface area contributed by atoms with E-state index in [0.29, 0.717) is 6.54 Å². The minimum absolute atomic E-state index is 0.0925. The maximum atomic E-state index is 5.37. The number of hydrogen-bond acceptors (Lipinski definition) is 3. The monoisotopic (exact) mass is 319 g/mol. The average Bonchev–Trinajstić information content (AvgIpc) is 2.94. The van der Waals surface area contributed by atoms with Crippen LogP contribution in [0.25, 0.3) is 5.57 Å². The van der Waals surface area contributed by atoms with Crippen molar-refractivity contribution in [3.63, 3.8) is 0 Å². The van der Waals surface area contributed by atoms with E-state index >= 15 is 0 Å². The molecule has 1 aromatic carbocycles. The fourth-order valence-electron chi connectivity index (χ4n) is 1.79. The molecule has 0 aliphatic carbocycles. The lowest BCUT2D eigenvalue weighted by Crippen LogP contribution is -2.13. The molecule has 0 aliphatic heterocycles. The second kappa shape index (κ2) is 8.42. The van der Waals surface area contributed by atoms with E-state index in [-0.39, 0.29) is 4.75 Å². The summed E-state index contributed by atoms with van der Waals surface area (Å²) >= 11 is 6.17. The minimum atomic E-state index is 0.0925. The maximum absolute atomic E-state index is 5.37. The second-order valence-electron chi connectivity index (χ2n) is 5.76. The van der Waals surface area contributed by atoms with Crippen molar-refractivity contribution in [2.45, 2.75) is 31.9 Å². The molecule has 0 saturated carbocycles. The first kappa shape index (κ1) is 18.0. The number of rotatable bonds is 4. The third-order valence-corrected chi connectivity index (χ3v) is 4.00. The molecule has 0 saturated heterocycles. The summed E-state index contributed by atoms with van der Waals surface area (Å²) in [5.74, 6) is 0. The van der Waals surface area contributed by atoms with Gasteiger partial charge in [-0.3, -0.25) is 0 Å². The van der Waals surface area contributed by atoms with Gasteiger partial charge in [0.05, 0.1) is 0 Å². The molecule has 21 heavy (non-hydrogen) atoms. The highest BCUT2D eigenvalue weighted by atomic mass is 32.1. The molecule has 0 unspecified atom stereocenters. The molecule has 0 atom stereocenters. The molecule has 2 rings (SSSR count). The quantitative estimate of drug-likeness (QED) is 0.765. The number of aryl methyl sites for hydroxylation is 1. The Hall–Kier alpha value is -1.03. The van der Waals surface area contributed by atoms with Gasteiger partial charge in [-0.2, -0.15) is 12.6 Å². The normalized spacial score (nSPS) is 10.7. The number of thiol groups is 1. The number of hydrogen-bond donors (Lipinski definition) is 2. The highest BCUT2D eigenvalue weighted by Gasteiger charge is 2.11. The van der Waals surface area contributed by atoms with Gasteiger partial charge >= 0.3 is 0 Å². The Labute approximate surface area is 138 Å². The van der Waals surface area contributed by atoms with Crippen LogP contribution in [0.2, 0.25) is 0 Å². The van der Waals surface area contributed by atoms with E-state index in [2.05, 4.69) is 64.2 Å². The first-order valence-electron chi connectivity index (χ1n) is 7.01. The smallest absolute Gasteiger partial charge is 0.0309 e. The molecule has 0 amide bonds. The Kier molecular flexibility index (Phi) is 7.23. The summed E-state index contributed by atoms with van der Waals surface area (Å²) in [5.41, 5.74) is 9.07. The molecule has 0 fully saturated rings. The van der Waals surface area contributed by atoms with Crippen molar-refractivity contribution in [2.75, 3.05) is 6.54 Å². The third-order valence-electron chi connectivity index (χ3n) is 2.87. The van der Waals surface area contributed by atoms with Gasteiger partial charge in [0.1, 0.15) is 0 Å². The molecule has 1 heterocycles. The van der Waals surface area contributed by atoms with Crippen LogP contribution in [0.1, 0.15) is 29.9 Å². The molecule has 114 valence electrons. The highest BCUT2D eigenvalue weighted by Crippen LogP contribution is 2.19. The van der Waals surface area contributed by atoms with Gasteiger partial charge in [-0.15, -0.1) is 11.3 Å². The first-order valence-corrected chi connectivity index (χ1v) is 8.34. The molecule has 0 bridgehead atoms. The summed E-state index contributed by atoms with van der Waals surface area (Å²) in [5, 5.41) is 2.02. The number of nitrogens with two attached hydrogens (primary N) is 1. The van der Waals surface area contributed by atoms with Crippen molar-refractivity contribution >= 4 is 29.5 Å². The molecule has 0 spiro atoms. The van der Waals surface area contributed by atoms with Gasteiger partial charge in [0.15, 0.2) is 0 Å². The summed E-state index contributed by atoms with van der Waals surface area (Å²) in [7, 11) is 0. The summed E-state index contributed by atoms with van der Waals surface area (Å²) in [6.45, 7) is 10.7. The van der Waals surface area contributed by atoms with E-state index in [9.17, 15) is 0 Å². The molecule has 0 radical (unpaired) electrons. The van der Waals surface area contributed by atoms with Crippen molar-refractivity contribution in [3.8, 4) is 0 Å². The van der Waals surface area contributed by atoms with Crippen LogP contribution in [0.5, 0.6) is 0 Å². The minimum Gasteiger partial charge on any atom is -0.326 e. The zero-order chi connectivity index (χ0) is 15.9. The number of benzene rings is 1. The number of thiophene rings is 1. The van der Waals surface area contributed by atoms with Gasteiger partial charge in [-0.25, -0.2) is 0 Å². The first-order chi connectivity index (χ1) is 9.81. The molecular weight excluding hydrogens is 294 g/mol. The van der Waals surface area contributed by atoms with Crippen LogP contribution in [0.15, 0.2) is 48.4 Å². The predicted molar refractivity (Wildman–Crippen MR) is 100 cm³/mol. The van der Waals surface area contributed by atoms with Gasteiger partial charge in [0.2, 0.25) is 0 Å². The van der Waals surface area contributed by atoms with E-state index in [1.54, 1.807) is 11.3 Å². The van der Waals surface area contributed by atoms with Crippen molar-refractivity contribution in [1.82, 2.24) is 0 Å². The van der Waals surface area contributed by atoms with Crippen LogP contribution >= 0.6 is 24.0 Å². The van der Waals surface area contributed by atoms with Gasteiger partial charge in [0.25, 0.3) is 0 Å². The van der Waals surface area contributed by atoms with E-state index < -0.39 is 0 Å². The molecular formula is C18H25NS2. The van der Waals surface area contributed by atoms with Gasteiger partial charge < -0.3 is 5.73 Å². The van der Waals surface area contributed by atoms with E-state index in [4.69, 9.17) is 5.73 Å². The zero-order valence-corrected chi connectivity index (χ0v) is 14.8. The van der Waals surface area contributed by atoms with Gasteiger partial charge in [-0.05, 0) is 35.9 Å². The lowest BCUT2D eigenvalue weighted by atomic mass is 10.0. The predicted octanol–water partition coefficient (Wildman–Crippen LogP) is 4.97. The topological polar surface area (TPSA) is 26.0 Å². The molecule has 0 aliphatic rings. The van der Waals surface area contributed by atoms with Crippen molar-refractivity contribution in [3.05, 3.63) is 64.4 Å². The highest BCUT2D eigenvalue weighted by molar-refractivity contribution is 7.81. The van der Waals surface area contributed by atoms with Crippen LogP contribution in [0.3, 0.4) is 0 Å². The SMILES string of the molecule is C=C(CN)c1cccs1.Cc1ccc(CC(C)(C)S)cc1. The summed E-state index contributed by atoms with van der Waals surface area (Å²) in [6, 6.07) is 12.7. The lowest BCUT2D eigenvalue weighted by molar-refractivity contribution is 0.714. The second-order valence-corrected chi connectivity index (χ2v) is 7.92. The van der Waals surface area contributed by atoms with E-state index in [1.165, 1.54) is 16.0 Å². The fraction of sp³-hybridized carbons (Fsp3) is 0.333. The summed E-state index contributed by atoms with van der Waals surface area (Å²) in [6.07, 6.45) is 1.02. The fourth-order valence-corrected chi connectivity index (χ4v) is 2.68. The van der Waals surface area contributed by atoms with Crippen LogP contribution in [-0.4, -0.2) is 11.3 Å². The van der Waals surface area contributed by atoms with E-state index in [1.807, 2.05) is 17.5 Å². The lowest BCUT2D eigenvalue weighted by Gasteiger charge is -2.16. The maximum Gasteiger partial charge on any atom is 0.0309 e. The summed E-state index contributed by atoms with van der Waals surface area (Å²) in [4.78, 5) is 1.19.